The molecule has 0 aromatic heterocycles. The van der Waals surface area contributed by atoms with Gasteiger partial charge in [-0.15, -0.1) is 13.2 Å². The minimum absolute atomic E-state index is 0.0265. The summed E-state index contributed by atoms with van der Waals surface area (Å²) in [6.45, 7) is 0.0265. The van der Waals surface area contributed by atoms with Gasteiger partial charge in [0, 0.05) is 0 Å². The predicted molar refractivity (Wildman–Crippen MR) is 78.0 cm³/mol. The van der Waals surface area contributed by atoms with E-state index in [0.717, 1.165) is 36.3 Å². The molecular formula is C16H17F3N2O3. The zero-order chi connectivity index (χ0) is 17.4. The Kier molecular flexibility index (Phi) is 4.15. The largest absolute Gasteiger partial charge is 0.573 e. The van der Waals surface area contributed by atoms with Gasteiger partial charge in [-0.1, -0.05) is 31.4 Å². The summed E-state index contributed by atoms with van der Waals surface area (Å²) in [6, 6.07) is 4.70. The molecule has 1 aromatic rings. The first-order chi connectivity index (χ1) is 11.3. The third kappa shape index (κ3) is 3.32. The number of alkyl halides is 3. The van der Waals surface area contributed by atoms with Gasteiger partial charge in [0.25, 0.3) is 5.91 Å². The number of hydrogen-bond donors (Lipinski definition) is 1. The Balaban J connectivity index is 1.69. The van der Waals surface area contributed by atoms with Crippen LogP contribution in [-0.4, -0.2) is 28.7 Å². The molecule has 0 bridgehead atoms. The lowest BCUT2D eigenvalue weighted by atomic mass is 9.82. The van der Waals surface area contributed by atoms with E-state index >= 15 is 0 Å². The molecule has 0 unspecified atom stereocenters. The van der Waals surface area contributed by atoms with Crippen LogP contribution in [0.2, 0.25) is 0 Å². The number of ether oxygens (including phenoxy) is 1. The summed E-state index contributed by atoms with van der Waals surface area (Å²) in [5.74, 6) is -0.588. The Hall–Kier alpha value is -2.25. The number of benzene rings is 1. The van der Waals surface area contributed by atoms with Gasteiger partial charge in [-0.25, -0.2) is 4.79 Å². The lowest BCUT2D eigenvalue weighted by molar-refractivity contribution is -0.274. The number of nitrogens with one attached hydrogen (secondary N) is 1. The maximum Gasteiger partial charge on any atom is 0.573 e. The van der Waals surface area contributed by atoms with E-state index in [-0.39, 0.29) is 18.2 Å². The van der Waals surface area contributed by atoms with Crippen molar-refractivity contribution in [3.8, 4) is 5.75 Å². The Bertz CT molecular complexity index is 637. The van der Waals surface area contributed by atoms with E-state index < -0.39 is 17.9 Å². The topological polar surface area (TPSA) is 58.6 Å². The van der Waals surface area contributed by atoms with Gasteiger partial charge >= 0.3 is 12.4 Å². The van der Waals surface area contributed by atoms with Gasteiger partial charge in [0.05, 0.1) is 6.54 Å². The Labute approximate surface area is 136 Å². The van der Waals surface area contributed by atoms with Gasteiger partial charge < -0.3 is 10.1 Å². The van der Waals surface area contributed by atoms with Crippen LogP contribution in [0, 0.1) is 0 Å². The molecule has 2 fully saturated rings. The summed E-state index contributed by atoms with van der Waals surface area (Å²) in [7, 11) is 0. The molecule has 130 valence electrons. The van der Waals surface area contributed by atoms with Crippen LogP contribution >= 0.6 is 0 Å². The summed E-state index contributed by atoms with van der Waals surface area (Å²) in [5.41, 5.74) is -0.241. The van der Waals surface area contributed by atoms with Gasteiger partial charge in [0.2, 0.25) is 0 Å². The summed E-state index contributed by atoms with van der Waals surface area (Å²) < 4.78 is 40.2. The molecule has 5 nitrogen and oxygen atoms in total. The molecule has 1 saturated carbocycles. The van der Waals surface area contributed by atoms with Gasteiger partial charge in [-0.3, -0.25) is 9.69 Å². The molecule has 8 heteroatoms. The van der Waals surface area contributed by atoms with Crippen LogP contribution in [0.5, 0.6) is 5.75 Å². The van der Waals surface area contributed by atoms with Gasteiger partial charge in [-0.05, 0) is 30.5 Å². The second-order valence-corrected chi connectivity index (χ2v) is 6.16. The maximum absolute atomic E-state index is 12.6. The van der Waals surface area contributed by atoms with Crippen LogP contribution < -0.4 is 10.1 Å². The van der Waals surface area contributed by atoms with Crippen LogP contribution in [0.25, 0.3) is 0 Å². The number of hydrogen-bond acceptors (Lipinski definition) is 3. The van der Waals surface area contributed by atoms with Crippen molar-refractivity contribution in [2.45, 2.75) is 50.6 Å². The van der Waals surface area contributed by atoms with E-state index in [0.29, 0.717) is 18.4 Å². The standard InChI is InChI=1S/C16H17F3N2O3/c17-16(18,19)24-12-6-4-11(5-7-12)10-21-13(22)15(20-14(21)23)8-2-1-3-9-15/h4-7H,1-3,8-10H2,(H,20,23). The molecule has 1 aliphatic heterocycles. The van der Waals surface area contributed by atoms with Crippen LogP contribution in [0.15, 0.2) is 24.3 Å². The molecule has 1 spiro atoms. The molecule has 1 saturated heterocycles. The molecule has 24 heavy (non-hydrogen) atoms. The second-order valence-electron chi connectivity index (χ2n) is 6.16. The average molecular weight is 342 g/mol. The van der Waals surface area contributed by atoms with Crippen molar-refractivity contribution >= 4 is 11.9 Å². The van der Waals surface area contributed by atoms with Crippen molar-refractivity contribution in [2.75, 3.05) is 0 Å². The van der Waals surface area contributed by atoms with E-state index in [9.17, 15) is 22.8 Å². The predicted octanol–water partition coefficient (Wildman–Crippen LogP) is 3.34. The summed E-state index contributed by atoms with van der Waals surface area (Å²) in [6.07, 6.45) is -0.656. The number of halogens is 3. The maximum atomic E-state index is 12.6. The van der Waals surface area contributed by atoms with Crippen LogP contribution in [0.3, 0.4) is 0 Å². The minimum Gasteiger partial charge on any atom is -0.406 e. The number of nitrogens with zero attached hydrogens (tertiary/aromatic N) is 1. The number of rotatable bonds is 3. The number of urea groups is 1. The van der Waals surface area contributed by atoms with Crippen molar-refractivity contribution < 1.29 is 27.5 Å². The first kappa shape index (κ1) is 16.6. The number of amides is 3. The van der Waals surface area contributed by atoms with E-state index in [1.807, 2.05) is 0 Å². The summed E-state index contributed by atoms with van der Waals surface area (Å²) >= 11 is 0. The second kappa shape index (κ2) is 5.99. The highest BCUT2D eigenvalue weighted by Crippen LogP contribution is 2.34. The molecule has 0 atom stereocenters. The highest BCUT2D eigenvalue weighted by atomic mass is 19.4. The Morgan fingerprint density at radius 3 is 2.29 bits per heavy atom. The van der Waals surface area contributed by atoms with Crippen LogP contribution in [-0.2, 0) is 11.3 Å². The van der Waals surface area contributed by atoms with Crippen LogP contribution in [0.4, 0.5) is 18.0 Å². The first-order valence-electron chi connectivity index (χ1n) is 7.78. The molecular weight excluding hydrogens is 325 g/mol. The Morgan fingerprint density at radius 1 is 1.08 bits per heavy atom. The lowest BCUT2D eigenvalue weighted by Crippen LogP contribution is -2.48. The van der Waals surface area contributed by atoms with Gasteiger partial charge in [0.1, 0.15) is 11.3 Å². The minimum atomic E-state index is -4.75. The third-order valence-electron chi connectivity index (χ3n) is 4.45. The molecule has 2 aliphatic rings. The van der Waals surface area contributed by atoms with Crippen LogP contribution in [0.1, 0.15) is 37.7 Å². The van der Waals surface area contributed by atoms with E-state index in [1.54, 1.807) is 0 Å². The third-order valence-corrected chi connectivity index (χ3v) is 4.45. The molecule has 1 heterocycles. The smallest absolute Gasteiger partial charge is 0.406 e. The molecule has 1 N–H and O–H groups in total. The SMILES string of the molecule is O=C1NC2(CCCCC2)C(=O)N1Cc1ccc(OC(F)(F)F)cc1. The summed E-state index contributed by atoms with van der Waals surface area (Å²) in [5, 5.41) is 2.80. The van der Waals surface area contributed by atoms with Crippen molar-refractivity contribution in [1.82, 2.24) is 10.2 Å². The lowest BCUT2D eigenvalue weighted by Gasteiger charge is -2.30. The fraction of sp³-hybridized carbons (Fsp3) is 0.500. The number of imide groups is 1. The molecule has 3 amide bonds. The highest BCUT2D eigenvalue weighted by Gasteiger charge is 2.51. The van der Waals surface area contributed by atoms with Crippen molar-refractivity contribution in [3.05, 3.63) is 29.8 Å². The zero-order valence-electron chi connectivity index (χ0n) is 12.9. The van der Waals surface area contributed by atoms with Crippen molar-refractivity contribution in [2.24, 2.45) is 0 Å². The highest BCUT2D eigenvalue weighted by molar-refractivity contribution is 6.07. The normalized spacial score (nSPS) is 20.4. The van der Waals surface area contributed by atoms with E-state index in [4.69, 9.17) is 0 Å². The monoisotopic (exact) mass is 342 g/mol. The van der Waals surface area contributed by atoms with Crippen molar-refractivity contribution in [1.29, 1.82) is 0 Å². The van der Waals surface area contributed by atoms with Gasteiger partial charge in [-0.2, -0.15) is 0 Å². The average Bonchev–Trinajstić information content (AvgIpc) is 2.73. The number of carbonyl (C=O) groups is 2. The van der Waals surface area contributed by atoms with Crippen molar-refractivity contribution in [3.63, 3.8) is 0 Å². The quantitative estimate of drug-likeness (QED) is 0.857. The fourth-order valence-corrected chi connectivity index (χ4v) is 3.29. The zero-order valence-corrected chi connectivity index (χ0v) is 12.9. The molecule has 1 aromatic carbocycles. The Morgan fingerprint density at radius 2 is 1.71 bits per heavy atom. The number of carbonyl (C=O) groups excluding carboxylic acids is 2. The first-order valence-corrected chi connectivity index (χ1v) is 7.78. The van der Waals surface area contributed by atoms with E-state index in [2.05, 4.69) is 10.1 Å². The summed E-state index contributed by atoms with van der Waals surface area (Å²) in [4.78, 5) is 25.9. The molecule has 1 aliphatic carbocycles. The fourth-order valence-electron chi connectivity index (χ4n) is 3.29. The van der Waals surface area contributed by atoms with E-state index in [1.165, 1.54) is 12.1 Å². The molecule has 3 rings (SSSR count). The van der Waals surface area contributed by atoms with Gasteiger partial charge in [0.15, 0.2) is 0 Å². The molecule has 0 radical (unpaired) electrons.